The third-order valence-corrected chi connectivity index (χ3v) is 4.53. The van der Waals surface area contributed by atoms with Crippen molar-refractivity contribution in [3.63, 3.8) is 0 Å². The van der Waals surface area contributed by atoms with Crippen LogP contribution in [0.4, 0.5) is 5.82 Å². The van der Waals surface area contributed by atoms with Crippen molar-refractivity contribution in [1.82, 2.24) is 14.7 Å². The van der Waals surface area contributed by atoms with E-state index in [0.717, 1.165) is 36.5 Å². The first-order valence-corrected chi connectivity index (χ1v) is 8.62. The minimum atomic E-state index is 0.124. The van der Waals surface area contributed by atoms with Crippen molar-refractivity contribution >= 4 is 11.7 Å². The lowest BCUT2D eigenvalue weighted by Gasteiger charge is -2.27. The maximum absolute atomic E-state index is 11.8. The van der Waals surface area contributed by atoms with Gasteiger partial charge in [-0.2, -0.15) is 5.10 Å². The highest BCUT2D eigenvalue weighted by Crippen LogP contribution is 2.30. The van der Waals surface area contributed by atoms with Gasteiger partial charge in [-0.05, 0) is 32.4 Å². The number of nitrogens with zero attached hydrogens (tertiary/aromatic N) is 3. The third kappa shape index (κ3) is 3.30. The maximum Gasteiger partial charge on any atom is 0.219 e. The Morgan fingerprint density at radius 2 is 2.17 bits per heavy atom. The fraction of sp³-hybridized carbons (Fsp3) is 0.474. The fourth-order valence-electron chi connectivity index (χ4n) is 3.28. The van der Waals surface area contributed by atoms with Crippen molar-refractivity contribution < 1.29 is 4.79 Å². The summed E-state index contributed by atoms with van der Waals surface area (Å²) in [6.07, 6.45) is 10.2. The molecule has 1 aromatic rings. The molecule has 0 spiro atoms. The quantitative estimate of drug-likeness (QED) is 0.924. The standard InChI is InChI=1S/C19H26N4O/c1-13(2)23-18-9-10-22(15(4)24)12-17(18)19(21-23)20-16-8-6-5-7-14(3)11-16/h5-7,11,13H,8-10,12H2,1-4H3,(H,20,21). The molecule has 0 unspecified atom stereocenters. The van der Waals surface area contributed by atoms with Gasteiger partial charge in [-0.15, -0.1) is 0 Å². The highest BCUT2D eigenvalue weighted by Gasteiger charge is 2.27. The first-order chi connectivity index (χ1) is 11.5. The zero-order chi connectivity index (χ0) is 17.3. The summed E-state index contributed by atoms with van der Waals surface area (Å²) in [4.78, 5) is 13.7. The van der Waals surface area contributed by atoms with Gasteiger partial charge in [0.15, 0.2) is 5.82 Å². The van der Waals surface area contributed by atoms with Crippen LogP contribution in [-0.2, 0) is 17.8 Å². The van der Waals surface area contributed by atoms with Crippen LogP contribution < -0.4 is 5.32 Å². The highest BCUT2D eigenvalue weighted by molar-refractivity contribution is 5.74. The second kappa shape index (κ2) is 6.67. The van der Waals surface area contributed by atoms with Crippen LogP contribution in [0.15, 0.2) is 35.6 Å². The molecule has 0 saturated carbocycles. The molecule has 128 valence electrons. The topological polar surface area (TPSA) is 50.2 Å². The largest absolute Gasteiger partial charge is 0.342 e. The highest BCUT2D eigenvalue weighted by atomic mass is 16.2. The Hall–Kier alpha value is -2.30. The second-order valence-corrected chi connectivity index (χ2v) is 6.84. The van der Waals surface area contributed by atoms with Crippen LogP contribution in [0.3, 0.4) is 0 Å². The molecule has 24 heavy (non-hydrogen) atoms. The SMILES string of the molecule is CC(=O)N1CCc2c(c(NC3=CC(C)=CC=CC3)nn2C(C)C)C1. The number of nitrogens with one attached hydrogen (secondary N) is 1. The molecule has 3 rings (SSSR count). The van der Waals surface area contributed by atoms with Crippen LogP contribution in [0.2, 0.25) is 0 Å². The van der Waals surface area contributed by atoms with E-state index in [-0.39, 0.29) is 5.91 Å². The van der Waals surface area contributed by atoms with E-state index < -0.39 is 0 Å². The normalized spacial score (nSPS) is 17.3. The van der Waals surface area contributed by atoms with Crippen molar-refractivity contribution in [3.05, 3.63) is 46.8 Å². The summed E-state index contributed by atoms with van der Waals surface area (Å²) in [7, 11) is 0. The van der Waals surface area contributed by atoms with Crippen molar-refractivity contribution in [2.45, 2.75) is 53.1 Å². The lowest BCUT2D eigenvalue weighted by atomic mass is 10.1. The van der Waals surface area contributed by atoms with E-state index in [2.05, 4.69) is 55.1 Å². The summed E-state index contributed by atoms with van der Waals surface area (Å²) >= 11 is 0. The predicted octanol–water partition coefficient (Wildman–Crippen LogP) is 3.57. The Kier molecular flexibility index (Phi) is 4.60. The monoisotopic (exact) mass is 326 g/mol. The number of allylic oxidation sites excluding steroid dienone is 5. The summed E-state index contributed by atoms with van der Waals surface area (Å²) < 4.78 is 2.10. The van der Waals surface area contributed by atoms with Gasteiger partial charge < -0.3 is 10.2 Å². The number of hydrogen-bond acceptors (Lipinski definition) is 3. The first kappa shape index (κ1) is 16.6. The molecule has 2 heterocycles. The van der Waals surface area contributed by atoms with E-state index >= 15 is 0 Å². The van der Waals surface area contributed by atoms with Crippen LogP contribution in [0, 0.1) is 0 Å². The van der Waals surface area contributed by atoms with Crippen LogP contribution in [0.25, 0.3) is 0 Å². The maximum atomic E-state index is 11.8. The summed E-state index contributed by atoms with van der Waals surface area (Å²) in [5, 5.41) is 8.33. The number of amides is 1. The number of carbonyl (C=O) groups excluding carboxylic acids is 1. The molecule has 1 N–H and O–H groups in total. The molecule has 5 heteroatoms. The summed E-state index contributed by atoms with van der Waals surface area (Å²) in [6, 6.07) is 0.308. The molecular formula is C19H26N4O. The van der Waals surface area contributed by atoms with E-state index in [1.54, 1.807) is 6.92 Å². The van der Waals surface area contributed by atoms with Gasteiger partial charge in [-0.25, -0.2) is 0 Å². The molecule has 0 fully saturated rings. The molecule has 1 aliphatic carbocycles. The van der Waals surface area contributed by atoms with Crippen molar-refractivity contribution in [1.29, 1.82) is 0 Å². The number of anilines is 1. The van der Waals surface area contributed by atoms with E-state index in [1.165, 1.54) is 11.3 Å². The minimum absolute atomic E-state index is 0.124. The van der Waals surface area contributed by atoms with E-state index in [0.29, 0.717) is 12.6 Å². The summed E-state index contributed by atoms with van der Waals surface area (Å²) in [5.41, 5.74) is 4.75. The minimum Gasteiger partial charge on any atom is -0.342 e. The predicted molar refractivity (Wildman–Crippen MR) is 96.6 cm³/mol. The molecule has 0 atom stereocenters. The molecular weight excluding hydrogens is 300 g/mol. The average molecular weight is 326 g/mol. The van der Waals surface area contributed by atoms with Crippen LogP contribution in [0.5, 0.6) is 0 Å². The van der Waals surface area contributed by atoms with E-state index in [1.807, 2.05) is 4.90 Å². The Morgan fingerprint density at radius 3 is 2.88 bits per heavy atom. The van der Waals surface area contributed by atoms with Gasteiger partial charge in [0.2, 0.25) is 5.91 Å². The molecule has 1 aromatic heterocycles. The van der Waals surface area contributed by atoms with Crippen molar-refractivity contribution in [2.24, 2.45) is 0 Å². The van der Waals surface area contributed by atoms with Crippen LogP contribution in [0.1, 0.15) is 51.4 Å². The zero-order valence-corrected chi connectivity index (χ0v) is 15.0. The summed E-state index contributed by atoms with van der Waals surface area (Å²) in [5.74, 6) is 1.01. The van der Waals surface area contributed by atoms with Gasteiger partial charge in [0.25, 0.3) is 0 Å². The number of hydrogen-bond donors (Lipinski definition) is 1. The summed E-state index contributed by atoms with van der Waals surface area (Å²) in [6.45, 7) is 9.43. The molecule has 1 aliphatic heterocycles. The van der Waals surface area contributed by atoms with Gasteiger partial charge in [0.1, 0.15) is 0 Å². The molecule has 2 aliphatic rings. The van der Waals surface area contributed by atoms with Crippen LogP contribution >= 0.6 is 0 Å². The van der Waals surface area contributed by atoms with E-state index in [9.17, 15) is 4.79 Å². The Labute approximate surface area is 143 Å². The van der Waals surface area contributed by atoms with Crippen LogP contribution in [-0.4, -0.2) is 27.1 Å². The van der Waals surface area contributed by atoms with E-state index in [4.69, 9.17) is 5.10 Å². The smallest absolute Gasteiger partial charge is 0.219 e. The Morgan fingerprint density at radius 1 is 1.38 bits per heavy atom. The zero-order valence-electron chi connectivity index (χ0n) is 15.0. The Balaban J connectivity index is 1.95. The molecule has 5 nitrogen and oxygen atoms in total. The third-order valence-electron chi connectivity index (χ3n) is 4.53. The molecule has 0 saturated heterocycles. The average Bonchev–Trinajstić information content (AvgIpc) is 2.76. The van der Waals surface area contributed by atoms with Gasteiger partial charge >= 0.3 is 0 Å². The van der Waals surface area contributed by atoms with Crippen molar-refractivity contribution in [3.8, 4) is 0 Å². The lowest BCUT2D eigenvalue weighted by molar-refractivity contribution is -0.129. The van der Waals surface area contributed by atoms with Gasteiger partial charge in [0, 0.05) is 49.3 Å². The fourth-order valence-corrected chi connectivity index (χ4v) is 3.28. The number of aromatic nitrogens is 2. The molecule has 0 aromatic carbocycles. The first-order valence-electron chi connectivity index (χ1n) is 8.62. The molecule has 0 bridgehead atoms. The van der Waals surface area contributed by atoms with Gasteiger partial charge in [-0.3, -0.25) is 9.48 Å². The van der Waals surface area contributed by atoms with Gasteiger partial charge in [-0.1, -0.05) is 18.2 Å². The number of fused-ring (bicyclic) bond motifs is 1. The lowest BCUT2D eigenvalue weighted by Crippen LogP contribution is -2.35. The number of rotatable bonds is 3. The Bertz CT molecular complexity index is 737. The number of carbonyl (C=O) groups is 1. The molecule has 0 radical (unpaired) electrons. The second-order valence-electron chi connectivity index (χ2n) is 6.84. The molecule has 1 amide bonds. The van der Waals surface area contributed by atoms with Crippen molar-refractivity contribution in [2.75, 3.05) is 11.9 Å². The van der Waals surface area contributed by atoms with Gasteiger partial charge in [0.05, 0.1) is 6.54 Å².